The average molecular weight is 344 g/mol. The molecule has 3 rings (SSSR count). The highest BCUT2D eigenvalue weighted by molar-refractivity contribution is 5.68. The lowest BCUT2D eigenvalue weighted by Gasteiger charge is -2.45. The van der Waals surface area contributed by atoms with Gasteiger partial charge in [-0.25, -0.2) is 4.79 Å². The van der Waals surface area contributed by atoms with Crippen LogP contribution in [0.5, 0.6) is 5.75 Å². The number of nitrogens with zero attached hydrogens (tertiary/aromatic N) is 2. The molecule has 0 aromatic heterocycles. The zero-order chi connectivity index (χ0) is 18.2. The van der Waals surface area contributed by atoms with Crippen LogP contribution >= 0.6 is 0 Å². The summed E-state index contributed by atoms with van der Waals surface area (Å²) >= 11 is 0. The zero-order valence-corrected chi connectivity index (χ0v) is 14.9. The first-order valence-electron chi connectivity index (χ1n) is 8.60. The quantitative estimate of drug-likeness (QED) is 0.782. The van der Waals surface area contributed by atoms with Gasteiger partial charge in [0.2, 0.25) is 0 Å². The molecule has 25 heavy (non-hydrogen) atoms. The van der Waals surface area contributed by atoms with Crippen molar-refractivity contribution < 1.29 is 19.4 Å². The zero-order valence-electron chi connectivity index (χ0n) is 14.9. The van der Waals surface area contributed by atoms with Gasteiger partial charge in [0.05, 0.1) is 17.7 Å². The lowest BCUT2D eigenvalue weighted by molar-refractivity contribution is -0.0569. The molecule has 1 fully saturated rings. The maximum absolute atomic E-state index is 12.2. The number of aliphatic hydroxyl groups excluding tert-OH is 1. The highest BCUT2D eigenvalue weighted by atomic mass is 16.6. The van der Waals surface area contributed by atoms with Crippen LogP contribution in [0.4, 0.5) is 4.79 Å². The normalized spacial score (nSPS) is 21.9. The Morgan fingerprint density at radius 3 is 2.68 bits per heavy atom. The number of hydrogen-bond acceptors (Lipinski definition) is 5. The topological polar surface area (TPSA) is 82.8 Å². The van der Waals surface area contributed by atoms with Crippen LogP contribution in [0.25, 0.3) is 0 Å². The van der Waals surface area contributed by atoms with Gasteiger partial charge in [0.25, 0.3) is 0 Å². The number of aliphatic hydroxyl groups is 1. The molecule has 6 nitrogen and oxygen atoms in total. The molecule has 1 saturated heterocycles. The van der Waals surface area contributed by atoms with Crippen molar-refractivity contribution in [1.29, 1.82) is 5.26 Å². The maximum atomic E-state index is 12.2. The van der Waals surface area contributed by atoms with E-state index in [0.29, 0.717) is 49.2 Å². The van der Waals surface area contributed by atoms with Crippen molar-refractivity contribution in [2.45, 2.75) is 57.3 Å². The van der Waals surface area contributed by atoms with E-state index in [4.69, 9.17) is 14.7 Å². The summed E-state index contributed by atoms with van der Waals surface area (Å²) in [7, 11) is 0. The van der Waals surface area contributed by atoms with Gasteiger partial charge >= 0.3 is 6.09 Å². The fourth-order valence-electron chi connectivity index (χ4n) is 3.44. The number of nitriles is 1. The molecule has 1 spiro atoms. The number of carbonyl (C=O) groups excluding carboxylic acids is 1. The van der Waals surface area contributed by atoms with Crippen molar-refractivity contribution >= 4 is 6.09 Å². The van der Waals surface area contributed by atoms with E-state index in [0.717, 1.165) is 0 Å². The molecule has 0 bridgehead atoms. The SMILES string of the molecule is CC(C)(C)OC(=O)N1CCC2(CC1)CC(O)c1cc(C#N)ccc1O2. The van der Waals surface area contributed by atoms with Gasteiger partial charge in [-0.2, -0.15) is 5.26 Å². The minimum Gasteiger partial charge on any atom is -0.487 e. The van der Waals surface area contributed by atoms with Crippen molar-refractivity contribution in [2.24, 2.45) is 0 Å². The van der Waals surface area contributed by atoms with E-state index < -0.39 is 17.3 Å². The van der Waals surface area contributed by atoms with E-state index in [1.807, 2.05) is 20.8 Å². The molecule has 2 heterocycles. The first kappa shape index (κ1) is 17.6. The molecule has 1 aromatic carbocycles. The number of amides is 1. The van der Waals surface area contributed by atoms with Crippen LogP contribution in [0.15, 0.2) is 18.2 Å². The summed E-state index contributed by atoms with van der Waals surface area (Å²) in [5.74, 6) is 0.628. The summed E-state index contributed by atoms with van der Waals surface area (Å²) in [6, 6.07) is 7.21. The fourth-order valence-corrected chi connectivity index (χ4v) is 3.44. The Labute approximate surface area is 147 Å². The van der Waals surface area contributed by atoms with Gasteiger partial charge in [-0.05, 0) is 39.0 Å². The molecule has 1 amide bonds. The standard InChI is InChI=1S/C19H24N2O4/c1-18(2,3)25-17(23)21-8-6-19(7-9-21)11-15(22)14-10-13(12-20)4-5-16(14)24-19/h4-5,10,15,22H,6-9,11H2,1-3H3. The smallest absolute Gasteiger partial charge is 0.410 e. The first-order chi connectivity index (χ1) is 11.7. The molecule has 1 unspecified atom stereocenters. The molecule has 1 aromatic rings. The number of benzene rings is 1. The molecule has 134 valence electrons. The number of rotatable bonds is 0. The molecule has 0 saturated carbocycles. The summed E-state index contributed by atoms with van der Waals surface area (Å²) in [5.41, 5.74) is 0.191. The molecule has 1 atom stereocenters. The lowest BCUT2D eigenvalue weighted by atomic mass is 9.81. The molecule has 1 N–H and O–H groups in total. The van der Waals surface area contributed by atoms with Crippen LogP contribution in [-0.2, 0) is 4.74 Å². The molecular weight excluding hydrogens is 320 g/mol. The highest BCUT2D eigenvalue weighted by Gasteiger charge is 2.44. The Balaban J connectivity index is 1.69. The van der Waals surface area contributed by atoms with Crippen LogP contribution in [-0.4, -0.2) is 40.4 Å². The van der Waals surface area contributed by atoms with Crippen LogP contribution in [0.3, 0.4) is 0 Å². The van der Waals surface area contributed by atoms with Crippen molar-refractivity contribution in [2.75, 3.05) is 13.1 Å². The third-order valence-corrected chi connectivity index (χ3v) is 4.72. The van der Waals surface area contributed by atoms with Crippen LogP contribution in [0.2, 0.25) is 0 Å². The Morgan fingerprint density at radius 1 is 1.40 bits per heavy atom. The number of piperidine rings is 1. The summed E-state index contributed by atoms with van der Waals surface area (Å²) in [6.07, 6.45) is 0.783. The Bertz CT molecular complexity index is 709. The Kier molecular flexibility index (Phi) is 4.38. The van der Waals surface area contributed by atoms with E-state index >= 15 is 0 Å². The number of carbonyl (C=O) groups is 1. The van der Waals surface area contributed by atoms with Gasteiger partial charge in [0, 0.05) is 37.9 Å². The predicted molar refractivity (Wildman–Crippen MR) is 91.1 cm³/mol. The third-order valence-electron chi connectivity index (χ3n) is 4.72. The lowest BCUT2D eigenvalue weighted by Crippen LogP contribution is -2.52. The monoisotopic (exact) mass is 344 g/mol. The van der Waals surface area contributed by atoms with Crippen molar-refractivity contribution in [3.05, 3.63) is 29.3 Å². The second kappa shape index (κ2) is 6.23. The van der Waals surface area contributed by atoms with E-state index in [1.165, 1.54) is 0 Å². The fraction of sp³-hybridized carbons (Fsp3) is 0.579. The van der Waals surface area contributed by atoms with Gasteiger partial charge in [0.15, 0.2) is 0 Å². The summed E-state index contributed by atoms with van der Waals surface area (Å²) in [5, 5.41) is 19.5. The van der Waals surface area contributed by atoms with E-state index in [-0.39, 0.29) is 6.09 Å². The summed E-state index contributed by atoms with van der Waals surface area (Å²) < 4.78 is 11.6. The minimum absolute atomic E-state index is 0.308. The predicted octanol–water partition coefficient (Wildman–Crippen LogP) is 3.14. The largest absolute Gasteiger partial charge is 0.487 e. The van der Waals surface area contributed by atoms with E-state index in [1.54, 1.807) is 23.1 Å². The van der Waals surface area contributed by atoms with Crippen molar-refractivity contribution in [3.63, 3.8) is 0 Å². The average Bonchev–Trinajstić information content (AvgIpc) is 2.53. The van der Waals surface area contributed by atoms with Crippen LogP contribution in [0, 0.1) is 11.3 Å². The van der Waals surface area contributed by atoms with E-state index in [2.05, 4.69) is 6.07 Å². The maximum Gasteiger partial charge on any atom is 0.410 e. The van der Waals surface area contributed by atoms with Gasteiger partial charge in [-0.3, -0.25) is 0 Å². The molecule has 2 aliphatic heterocycles. The van der Waals surface area contributed by atoms with Crippen LogP contribution in [0.1, 0.15) is 57.3 Å². The number of ether oxygens (including phenoxy) is 2. The second-order valence-corrected chi connectivity index (χ2v) is 7.84. The van der Waals surface area contributed by atoms with Crippen molar-refractivity contribution in [3.8, 4) is 11.8 Å². The van der Waals surface area contributed by atoms with Gasteiger partial charge in [0.1, 0.15) is 17.0 Å². The number of fused-ring (bicyclic) bond motifs is 1. The molecule has 2 aliphatic rings. The third kappa shape index (κ3) is 3.72. The summed E-state index contributed by atoms with van der Waals surface area (Å²) in [6.45, 7) is 6.62. The van der Waals surface area contributed by atoms with Gasteiger partial charge in [-0.15, -0.1) is 0 Å². The van der Waals surface area contributed by atoms with Gasteiger partial charge < -0.3 is 19.5 Å². The summed E-state index contributed by atoms with van der Waals surface area (Å²) in [4.78, 5) is 13.9. The van der Waals surface area contributed by atoms with Gasteiger partial charge in [-0.1, -0.05) is 0 Å². The first-order valence-corrected chi connectivity index (χ1v) is 8.60. The van der Waals surface area contributed by atoms with Crippen LogP contribution < -0.4 is 4.74 Å². The minimum atomic E-state index is -0.662. The molecule has 6 heteroatoms. The molecule has 0 radical (unpaired) electrons. The molecular formula is C19H24N2O4. The number of hydrogen-bond donors (Lipinski definition) is 1. The Hall–Kier alpha value is -2.26. The Morgan fingerprint density at radius 2 is 2.08 bits per heavy atom. The number of likely N-dealkylation sites (tertiary alicyclic amines) is 1. The molecule has 0 aliphatic carbocycles. The van der Waals surface area contributed by atoms with E-state index in [9.17, 15) is 9.90 Å². The van der Waals surface area contributed by atoms with Crippen molar-refractivity contribution in [1.82, 2.24) is 4.90 Å². The second-order valence-electron chi connectivity index (χ2n) is 7.84. The highest BCUT2D eigenvalue weighted by Crippen LogP contribution is 2.44.